The first-order valence-corrected chi connectivity index (χ1v) is 6.82. The van der Waals surface area contributed by atoms with E-state index in [1.165, 1.54) is 0 Å². The van der Waals surface area contributed by atoms with Crippen LogP contribution in [0.3, 0.4) is 0 Å². The van der Waals surface area contributed by atoms with Gasteiger partial charge in [0, 0.05) is 28.1 Å². The Bertz CT molecular complexity index is 589. The molecule has 0 aliphatic heterocycles. The smallest absolute Gasteiger partial charge is 0.303 e. The van der Waals surface area contributed by atoms with Gasteiger partial charge in [-0.15, -0.1) is 0 Å². The molecular weight excluding hydrogens is 294 g/mol. The number of carbonyl (C=O) groups is 1. The van der Waals surface area contributed by atoms with Crippen molar-refractivity contribution in [2.45, 2.75) is 32.7 Å². The van der Waals surface area contributed by atoms with Gasteiger partial charge in [-0.3, -0.25) is 4.79 Å². The Labute approximate surface area is 115 Å². The molecule has 0 saturated heterocycles. The number of halogens is 1. The van der Waals surface area contributed by atoms with E-state index in [1.807, 2.05) is 13.0 Å². The molecule has 1 aromatic carbocycles. The summed E-state index contributed by atoms with van der Waals surface area (Å²) in [7, 11) is 0. The van der Waals surface area contributed by atoms with Gasteiger partial charge in [0.25, 0.3) is 0 Å². The van der Waals surface area contributed by atoms with Crippen LogP contribution in [0.4, 0.5) is 0 Å². The first-order valence-electron chi connectivity index (χ1n) is 6.03. The van der Waals surface area contributed by atoms with Gasteiger partial charge in [0.2, 0.25) is 0 Å². The lowest BCUT2D eigenvalue weighted by Gasteiger charge is -2.06. The van der Waals surface area contributed by atoms with E-state index in [4.69, 9.17) is 5.11 Å². The molecule has 0 spiro atoms. The van der Waals surface area contributed by atoms with Gasteiger partial charge in [0.15, 0.2) is 0 Å². The molecule has 0 bridgehead atoms. The summed E-state index contributed by atoms with van der Waals surface area (Å²) in [6, 6.07) is 6.13. The molecule has 1 atom stereocenters. The summed E-state index contributed by atoms with van der Waals surface area (Å²) in [5.41, 5.74) is 2.26. The predicted molar refractivity (Wildman–Crippen MR) is 76.0 cm³/mol. The molecule has 0 saturated carbocycles. The third kappa shape index (κ3) is 2.43. The molecule has 96 valence electrons. The molecule has 0 aliphatic rings. The summed E-state index contributed by atoms with van der Waals surface area (Å²) in [6.07, 6.45) is 2.24. The maximum absolute atomic E-state index is 10.8. The average molecular weight is 310 g/mol. The van der Waals surface area contributed by atoms with E-state index in [-0.39, 0.29) is 12.3 Å². The largest absolute Gasteiger partial charge is 0.481 e. The molecule has 0 amide bonds. The van der Waals surface area contributed by atoms with E-state index in [9.17, 15) is 4.79 Å². The maximum atomic E-state index is 10.8. The molecule has 4 heteroatoms. The molecule has 0 radical (unpaired) electrons. The number of aliphatic carboxylic acids is 1. The van der Waals surface area contributed by atoms with E-state index in [2.05, 4.69) is 45.8 Å². The van der Waals surface area contributed by atoms with Gasteiger partial charge < -0.3 is 9.67 Å². The van der Waals surface area contributed by atoms with Crippen molar-refractivity contribution in [2.75, 3.05) is 0 Å². The molecule has 2 rings (SSSR count). The summed E-state index contributed by atoms with van der Waals surface area (Å²) < 4.78 is 3.20. The number of nitrogens with zero attached hydrogens (tertiary/aromatic N) is 1. The molecule has 1 heterocycles. The Balaban J connectivity index is 2.54. The van der Waals surface area contributed by atoms with Crippen LogP contribution in [0.5, 0.6) is 0 Å². The van der Waals surface area contributed by atoms with E-state index in [0.29, 0.717) is 0 Å². The van der Waals surface area contributed by atoms with Gasteiger partial charge >= 0.3 is 5.97 Å². The minimum absolute atomic E-state index is 0.0268. The van der Waals surface area contributed by atoms with Crippen molar-refractivity contribution >= 4 is 32.8 Å². The maximum Gasteiger partial charge on any atom is 0.303 e. The lowest BCUT2D eigenvalue weighted by molar-refractivity contribution is -0.137. The summed E-state index contributed by atoms with van der Waals surface area (Å²) in [5.74, 6) is -0.726. The van der Waals surface area contributed by atoms with Crippen LogP contribution in [-0.4, -0.2) is 15.6 Å². The fourth-order valence-electron chi connectivity index (χ4n) is 2.32. The molecular formula is C14H16BrNO2. The van der Waals surface area contributed by atoms with Crippen molar-refractivity contribution in [3.05, 3.63) is 34.4 Å². The minimum atomic E-state index is -0.753. The van der Waals surface area contributed by atoms with Crippen LogP contribution < -0.4 is 0 Å². The quantitative estimate of drug-likeness (QED) is 0.927. The van der Waals surface area contributed by atoms with Gasteiger partial charge in [-0.25, -0.2) is 0 Å². The zero-order valence-corrected chi connectivity index (χ0v) is 12.1. The van der Waals surface area contributed by atoms with Gasteiger partial charge in [-0.2, -0.15) is 0 Å². The van der Waals surface area contributed by atoms with Crippen LogP contribution in [0, 0.1) is 0 Å². The second-order valence-electron chi connectivity index (χ2n) is 4.53. The third-order valence-electron chi connectivity index (χ3n) is 3.23. The summed E-state index contributed by atoms with van der Waals surface area (Å²) in [5, 5.41) is 10.1. The van der Waals surface area contributed by atoms with E-state index >= 15 is 0 Å². The number of carboxylic acids is 1. The SMILES string of the molecule is CCn1cc(C(C)CC(=O)O)c2ccc(Br)cc21. The van der Waals surface area contributed by atoms with E-state index < -0.39 is 5.97 Å². The Morgan fingerprint density at radius 1 is 1.50 bits per heavy atom. The number of hydrogen-bond donors (Lipinski definition) is 1. The molecule has 0 fully saturated rings. The van der Waals surface area contributed by atoms with Crippen LogP contribution >= 0.6 is 15.9 Å². The zero-order chi connectivity index (χ0) is 13.3. The second-order valence-corrected chi connectivity index (χ2v) is 5.45. The average Bonchev–Trinajstić information content (AvgIpc) is 2.66. The first kappa shape index (κ1) is 13.1. The van der Waals surface area contributed by atoms with Gasteiger partial charge in [-0.05, 0) is 30.5 Å². The molecule has 1 unspecified atom stereocenters. The lowest BCUT2D eigenvalue weighted by Crippen LogP contribution is -2.02. The molecule has 0 aliphatic carbocycles. The number of hydrogen-bond acceptors (Lipinski definition) is 1. The van der Waals surface area contributed by atoms with Crippen molar-refractivity contribution in [1.29, 1.82) is 0 Å². The monoisotopic (exact) mass is 309 g/mol. The van der Waals surface area contributed by atoms with Crippen molar-refractivity contribution in [1.82, 2.24) is 4.57 Å². The van der Waals surface area contributed by atoms with Crippen LogP contribution in [0.1, 0.15) is 31.7 Å². The minimum Gasteiger partial charge on any atom is -0.481 e. The fraction of sp³-hybridized carbons (Fsp3) is 0.357. The number of aromatic nitrogens is 1. The van der Waals surface area contributed by atoms with Gasteiger partial charge in [0.05, 0.1) is 6.42 Å². The standard InChI is InChI=1S/C14H16BrNO2/c1-3-16-8-12(9(2)6-14(17)18)11-5-4-10(15)7-13(11)16/h4-5,7-9H,3,6H2,1-2H3,(H,17,18). The molecule has 2 aromatic rings. The summed E-state index contributed by atoms with van der Waals surface area (Å²) in [6.45, 7) is 4.93. The number of benzene rings is 1. The fourth-order valence-corrected chi connectivity index (χ4v) is 2.67. The molecule has 1 N–H and O–H groups in total. The molecule has 1 aromatic heterocycles. The van der Waals surface area contributed by atoms with Crippen molar-refractivity contribution in [3.63, 3.8) is 0 Å². The highest BCUT2D eigenvalue weighted by Gasteiger charge is 2.16. The van der Waals surface area contributed by atoms with E-state index in [1.54, 1.807) is 0 Å². The van der Waals surface area contributed by atoms with Crippen LogP contribution in [0.2, 0.25) is 0 Å². The van der Waals surface area contributed by atoms with Gasteiger partial charge in [0.1, 0.15) is 0 Å². The van der Waals surface area contributed by atoms with Crippen LogP contribution in [0.25, 0.3) is 10.9 Å². The molecule has 18 heavy (non-hydrogen) atoms. The normalized spacial score (nSPS) is 12.8. The lowest BCUT2D eigenvalue weighted by atomic mass is 9.97. The summed E-state index contributed by atoms with van der Waals surface area (Å²) in [4.78, 5) is 10.8. The number of aryl methyl sites for hydroxylation is 1. The number of carboxylic acid groups (broad SMARTS) is 1. The number of rotatable bonds is 4. The number of fused-ring (bicyclic) bond motifs is 1. The highest BCUT2D eigenvalue weighted by atomic mass is 79.9. The van der Waals surface area contributed by atoms with E-state index in [0.717, 1.165) is 27.5 Å². The highest BCUT2D eigenvalue weighted by Crippen LogP contribution is 2.31. The highest BCUT2D eigenvalue weighted by molar-refractivity contribution is 9.10. The van der Waals surface area contributed by atoms with Gasteiger partial charge in [-0.1, -0.05) is 28.9 Å². The second kappa shape index (κ2) is 5.14. The van der Waals surface area contributed by atoms with Crippen molar-refractivity contribution < 1.29 is 9.90 Å². The topological polar surface area (TPSA) is 42.2 Å². The van der Waals surface area contributed by atoms with Crippen molar-refractivity contribution in [2.24, 2.45) is 0 Å². The Morgan fingerprint density at radius 3 is 2.83 bits per heavy atom. The zero-order valence-electron chi connectivity index (χ0n) is 10.5. The Hall–Kier alpha value is -1.29. The van der Waals surface area contributed by atoms with Crippen LogP contribution in [-0.2, 0) is 11.3 Å². The summed E-state index contributed by atoms with van der Waals surface area (Å²) >= 11 is 3.47. The van der Waals surface area contributed by atoms with Crippen molar-refractivity contribution in [3.8, 4) is 0 Å². The predicted octanol–water partition coefficient (Wildman–Crippen LogP) is 4.00. The first-order chi connectivity index (χ1) is 8.52. The Kier molecular flexibility index (Phi) is 3.76. The molecule has 3 nitrogen and oxygen atoms in total. The third-order valence-corrected chi connectivity index (χ3v) is 3.72. The van der Waals surface area contributed by atoms with Crippen LogP contribution in [0.15, 0.2) is 28.9 Å². The Morgan fingerprint density at radius 2 is 2.22 bits per heavy atom.